The first kappa shape index (κ1) is 17.6. The van der Waals surface area contributed by atoms with E-state index in [0.717, 1.165) is 11.1 Å². The van der Waals surface area contributed by atoms with E-state index in [1.807, 2.05) is 42.5 Å². The van der Waals surface area contributed by atoms with Gasteiger partial charge in [0.15, 0.2) is 17.3 Å². The molecular weight excluding hydrogens is 392 g/mol. The van der Waals surface area contributed by atoms with Crippen LogP contribution in [0.15, 0.2) is 66.4 Å². The number of carbonyl (C=O) groups excluding carboxylic acids is 1. The van der Waals surface area contributed by atoms with Crippen LogP contribution in [0.2, 0.25) is 5.02 Å². The SMILES string of the molecule is O=C1C(=Cc2ccc3c(c2)OCO3)Oc2cc(OCc3ccccc3Cl)ccc21. The topological polar surface area (TPSA) is 54.0 Å². The third-order valence-corrected chi connectivity index (χ3v) is 5.06. The molecule has 0 aliphatic carbocycles. The molecule has 5 nitrogen and oxygen atoms in total. The first-order valence-corrected chi connectivity index (χ1v) is 9.39. The van der Waals surface area contributed by atoms with Crippen molar-refractivity contribution in [3.05, 3.63) is 88.1 Å². The van der Waals surface area contributed by atoms with Crippen molar-refractivity contribution in [2.75, 3.05) is 6.79 Å². The molecule has 0 saturated heterocycles. The van der Waals surface area contributed by atoms with E-state index < -0.39 is 0 Å². The molecule has 0 bridgehead atoms. The number of rotatable bonds is 4. The summed E-state index contributed by atoms with van der Waals surface area (Å²) in [6.45, 7) is 0.527. The Morgan fingerprint density at radius 1 is 0.966 bits per heavy atom. The zero-order valence-electron chi connectivity index (χ0n) is 15.2. The van der Waals surface area contributed by atoms with Crippen molar-refractivity contribution in [1.29, 1.82) is 0 Å². The second-order valence-electron chi connectivity index (χ2n) is 6.59. The van der Waals surface area contributed by atoms with E-state index in [9.17, 15) is 4.79 Å². The molecule has 0 amide bonds. The van der Waals surface area contributed by atoms with Gasteiger partial charge in [0, 0.05) is 16.7 Å². The lowest BCUT2D eigenvalue weighted by Gasteiger charge is -2.08. The molecule has 2 aliphatic heterocycles. The molecule has 0 radical (unpaired) electrons. The van der Waals surface area contributed by atoms with Crippen LogP contribution in [0, 0.1) is 0 Å². The van der Waals surface area contributed by atoms with E-state index in [1.165, 1.54) is 0 Å². The van der Waals surface area contributed by atoms with Gasteiger partial charge in [0.1, 0.15) is 18.1 Å². The van der Waals surface area contributed by atoms with Gasteiger partial charge in [-0.1, -0.05) is 35.9 Å². The van der Waals surface area contributed by atoms with E-state index in [2.05, 4.69) is 0 Å². The van der Waals surface area contributed by atoms with Gasteiger partial charge in [0.05, 0.1) is 5.56 Å². The summed E-state index contributed by atoms with van der Waals surface area (Å²) in [5.74, 6) is 2.49. The van der Waals surface area contributed by atoms with Crippen LogP contribution in [0.5, 0.6) is 23.0 Å². The number of hydrogen-bond donors (Lipinski definition) is 0. The smallest absolute Gasteiger partial charge is 0.231 e. The Balaban J connectivity index is 1.35. The Labute approximate surface area is 172 Å². The first-order valence-electron chi connectivity index (χ1n) is 9.01. The van der Waals surface area contributed by atoms with Crippen LogP contribution in [-0.2, 0) is 6.61 Å². The largest absolute Gasteiger partial charge is 0.489 e. The van der Waals surface area contributed by atoms with Gasteiger partial charge in [0.25, 0.3) is 0 Å². The normalized spacial score (nSPS) is 15.3. The van der Waals surface area contributed by atoms with Gasteiger partial charge in [-0.2, -0.15) is 0 Å². The molecule has 0 saturated carbocycles. The van der Waals surface area contributed by atoms with Crippen molar-refractivity contribution >= 4 is 23.5 Å². The summed E-state index contributed by atoms with van der Waals surface area (Å²) < 4.78 is 22.3. The summed E-state index contributed by atoms with van der Waals surface area (Å²) in [5.41, 5.74) is 2.18. The third-order valence-electron chi connectivity index (χ3n) is 4.69. The second-order valence-corrected chi connectivity index (χ2v) is 7.00. The number of Topliss-reactive ketones (excluding diaryl/α,β-unsaturated/α-hetero) is 1. The van der Waals surface area contributed by atoms with E-state index in [-0.39, 0.29) is 18.3 Å². The molecule has 0 N–H and O–H groups in total. The number of carbonyl (C=O) groups is 1. The molecule has 5 rings (SSSR count). The van der Waals surface area contributed by atoms with Gasteiger partial charge in [-0.3, -0.25) is 4.79 Å². The van der Waals surface area contributed by atoms with Gasteiger partial charge < -0.3 is 18.9 Å². The minimum absolute atomic E-state index is 0.171. The lowest BCUT2D eigenvalue weighted by Crippen LogP contribution is -1.98. The average Bonchev–Trinajstić information content (AvgIpc) is 3.31. The van der Waals surface area contributed by atoms with Gasteiger partial charge in [-0.15, -0.1) is 0 Å². The number of ketones is 1. The Bertz CT molecular complexity index is 1150. The quantitative estimate of drug-likeness (QED) is 0.553. The van der Waals surface area contributed by atoms with Gasteiger partial charge in [-0.05, 0) is 42.0 Å². The number of fused-ring (bicyclic) bond motifs is 2. The fourth-order valence-corrected chi connectivity index (χ4v) is 3.38. The maximum atomic E-state index is 12.7. The predicted octanol–water partition coefficient (Wildman–Crippen LogP) is 5.26. The highest BCUT2D eigenvalue weighted by Crippen LogP contribution is 2.37. The van der Waals surface area contributed by atoms with Crippen molar-refractivity contribution in [2.24, 2.45) is 0 Å². The lowest BCUT2D eigenvalue weighted by molar-refractivity contribution is 0.101. The molecular formula is C23H15ClO5. The molecule has 2 aliphatic rings. The van der Waals surface area contributed by atoms with Crippen LogP contribution >= 0.6 is 11.6 Å². The second kappa shape index (κ2) is 7.18. The van der Waals surface area contributed by atoms with Crippen molar-refractivity contribution in [1.82, 2.24) is 0 Å². The number of hydrogen-bond acceptors (Lipinski definition) is 5. The van der Waals surface area contributed by atoms with E-state index in [4.69, 9.17) is 30.5 Å². The highest BCUT2D eigenvalue weighted by Gasteiger charge is 2.28. The van der Waals surface area contributed by atoms with Crippen LogP contribution in [0.25, 0.3) is 6.08 Å². The fourth-order valence-electron chi connectivity index (χ4n) is 3.19. The summed E-state index contributed by atoms with van der Waals surface area (Å²) >= 11 is 6.16. The van der Waals surface area contributed by atoms with Gasteiger partial charge >= 0.3 is 0 Å². The summed E-state index contributed by atoms with van der Waals surface area (Å²) in [6, 6.07) is 18.1. The highest BCUT2D eigenvalue weighted by molar-refractivity contribution is 6.31. The first-order chi connectivity index (χ1) is 14.2. The summed E-state index contributed by atoms with van der Waals surface area (Å²) in [6.07, 6.45) is 1.69. The predicted molar refractivity (Wildman–Crippen MR) is 108 cm³/mol. The Hall–Kier alpha value is -3.44. The minimum atomic E-state index is -0.171. The standard InChI is InChI=1S/C23H15ClO5/c24-18-4-2-1-3-15(18)12-26-16-6-7-17-20(11-16)29-22(23(17)25)10-14-5-8-19-21(9-14)28-13-27-19/h1-11H,12-13H2. The maximum Gasteiger partial charge on any atom is 0.231 e. The van der Waals surface area contributed by atoms with Gasteiger partial charge in [0.2, 0.25) is 12.6 Å². The van der Waals surface area contributed by atoms with Crippen molar-refractivity contribution in [3.63, 3.8) is 0 Å². The number of benzene rings is 3. The van der Waals surface area contributed by atoms with Crippen molar-refractivity contribution in [3.8, 4) is 23.0 Å². The lowest BCUT2D eigenvalue weighted by atomic mass is 10.1. The van der Waals surface area contributed by atoms with Crippen LogP contribution in [0.1, 0.15) is 21.5 Å². The van der Waals surface area contributed by atoms with Crippen LogP contribution in [-0.4, -0.2) is 12.6 Å². The van der Waals surface area contributed by atoms with Crippen LogP contribution in [0.4, 0.5) is 0 Å². The van der Waals surface area contributed by atoms with E-state index >= 15 is 0 Å². The summed E-state index contributed by atoms with van der Waals surface area (Å²) in [5, 5.41) is 0.647. The highest BCUT2D eigenvalue weighted by atomic mass is 35.5. The molecule has 144 valence electrons. The van der Waals surface area contributed by atoms with Gasteiger partial charge in [-0.25, -0.2) is 0 Å². The molecule has 29 heavy (non-hydrogen) atoms. The molecule has 3 aromatic rings. The fraction of sp³-hybridized carbons (Fsp3) is 0.0870. The zero-order valence-corrected chi connectivity index (χ0v) is 15.9. The molecule has 6 heteroatoms. The number of ether oxygens (including phenoxy) is 4. The van der Waals surface area contributed by atoms with Crippen molar-refractivity contribution < 1.29 is 23.7 Å². The molecule has 2 heterocycles. The number of halogens is 1. The zero-order chi connectivity index (χ0) is 19.8. The third kappa shape index (κ3) is 3.41. The maximum absolute atomic E-state index is 12.7. The molecule has 0 spiro atoms. The van der Waals surface area contributed by atoms with Crippen LogP contribution in [0.3, 0.4) is 0 Å². The molecule has 3 aromatic carbocycles. The van der Waals surface area contributed by atoms with Crippen molar-refractivity contribution in [2.45, 2.75) is 6.61 Å². The molecule has 0 atom stereocenters. The average molecular weight is 407 g/mol. The molecule has 0 fully saturated rings. The molecule has 0 unspecified atom stereocenters. The number of allylic oxidation sites excluding steroid dienone is 1. The molecule has 0 aromatic heterocycles. The van der Waals surface area contributed by atoms with E-state index in [0.29, 0.717) is 40.2 Å². The Morgan fingerprint density at radius 3 is 2.72 bits per heavy atom. The monoisotopic (exact) mass is 406 g/mol. The Kier molecular flexibility index (Phi) is 4.37. The van der Waals surface area contributed by atoms with Crippen LogP contribution < -0.4 is 18.9 Å². The van der Waals surface area contributed by atoms with E-state index in [1.54, 1.807) is 24.3 Å². The minimum Gasteiger partial charge on any atom is -0.489 e. The summed E-state index contributed by atoms with van der Waals surface area (Å²) in [7, 11) is 0. The Morgan fingerprint density at radius 2 is 1.83 bits per heavy atom. The summed E-state index contributed by atoms with van der Waals surface area (Å²) in [4.78, 5) is 12.7.